The van der Waals surface area contributed by atoms with Gasteiger partial charge >= 0.3 is 12.3 Å². The van der Waals surface area contributed by atoms with Crippen LogP contribution in [-0.2, 0) is 41.7 Å². The normalized spacial score (nSPS) is 28.3. The van der Waals surface area contributed by atoms with Crippen LogP contribution in [0.4, 0.5) is 18.0 Å². The quantitative estimate of drug-likeness (QED) is 0.298. The number of hydrogen-bond donors (Lipinski definition) is 3. The number of methoxy groups -OCH3 is 1. The van der Waals surface area contributed by atoms with Crippen molar-refractivity contribution in [3.8, 4) is 11.6 Å². The molecule has 2 aromatic rings. The molecule has 3 N–H and O–H groups in total. The smallest absolute Gasteiger partial charge is 0.437 e. The van der Waals surface area contributed by atoms with Crippen molar-refractivity contribution in [1.29, 1.82) is 0 Å². The Balaban J connectivity index is 1.42. The summed E-state index contributed by atoms with van der Waals surface area (Å²) < 4.78 is 89.1. The molecule has 2 fully saturated rings. The zero-order valence-electron chi connectivity index (χ0n) is 35.0. The summed E-state index contributed by atoms with van der Waals surface area (Å²) in [5, 5.41) is 5.44. The van der Waals surface area contributed by atoms with Crippen LogP contribution < -0.4 is 24.8 Å². The Hall–Kier alpha value is -4.68. The molecule has 1 aliphatic carbocycles. The maximum Gasteiger partial charge on any atom is 0.437 e. The molecule has 330 valence electrons. The fourth-order valence-corrected chi connectivity index (χ4v) is 9.18. The van der Waals surface area contributed by atoms with Crippen LogP contribution in [0, 0.1) is 11.8 Å². The number of pyridine rings is 2. The molecule has 6 rings (SSSR count). The van der Waals surface area contributed by atoms with Crippen LogP contribution in [0.5, 0.6) is 11.6 Å². The Morgan fingerprint density at radius 1 is 1.07 bits per heavy atom. The van der Waals surface area contributed by atoms with Crippen LogP contribution in [0.2, 0.25) is 0 Å². The Bertz CT molecular complexity index is 2160. The summed E-state index contributed by atoms with van der Waals surface area (Å²) in [5.41, 5.74) is -4.51. The standard InChI is InChI=1S/C41H55F3N6O9S/c1-23(2)25(4)58-37(54)46-28-14-12-10-8-9-11-13-24(3)39(6,36(53)49-60(55,56)38(5)19-20-38)48-34(51)29-21-40(22-50(29)35(28)52)18-17-26-31-27(15-16-30(47-31)57-7)45-33(32(26)59-40)41(42,43)44/h11,13,15-16,23-25,28-29H,8-10,12,14,17-22H2,1-7H3,(H,46,54)(H,48,51)(H,49,53)/b13-11-/t24-,25-,28-,29-,39?,40+/m0/s1. The van der Waals surface area contributed by atoms with Crippen molar-refractivity contribution in [2.75, 3.05) is 13.7 Å². The number of aromatic nitrogens is 2. The van der Waals surface area contributed by atoms with Crippen LogP contribution in [0.15, 0.2) is 24.3 Å². The molecule has 0 radical (unpaired) electrons. The molecule has 4 amide bonds. The molecule has 6 atom stereocenters. The minimum Gasteiger partial charge on any atom is -0.483 e. The van der Waals surface area contributed by atoms with Gasteiger partial charge in [0.25, 0.3) is 5.91 Å². The topological polar surface area (TPSA) is 195 Å². The lowest BCUT2D eigenvalue weighted by atomic mass is 9.84. The van der Waals surface area contributed by atoms with E-state index in [1.165, 1.54) is 38.0 Å². The van der Waals surface area contributed by atoms with Gasteiger partial charge in [0.2, 0.25) is 27.7 Å². The third-order valence-electron chi connectivity index (χ3n) is 12.7. The van der Waals surface area contributed by atoms with Crippen molar-refractivity contribution >= 4 is 44.9 Å². The number of nitrogens with one attached hydrogen (secondary N) is 3. The van der Waals surface area contributed by atoms with Crippen LogP contribution in [0.1, 0.15) is 111 Å². The second-order valence-corrected chi connectivity index (χ2v) is 19.6. The van der Waals surface area contributed by atoms with Gasteiger partial charge in [-0.05, 0) is 77.7 Å². The van der Waals surface area contributed by atoms with Gasteiger partial charge in [0.15, 0.2) is 11.4 Å². The molecule has 1 spiro atoms. The monoisotopic (exact) mass is 864 g/mol. The van der Waals surface area contributed by atoms with Crippen LogP contribution in [-0.4, -0.2) is 94.8 Å². The van der Waals surface area contributed by atoms with Gasteiger partial charge in [-0.25, -0.2) is 23.2 Å². The number of ether oxygens (including phenoxy) is 3. The first-order valence-electron chi connectivity index (χ1n) is 20.5. The highest BCUT2D eigenvalue weighted by Crippen LogP contribution is 2.48. The summed E-state index contributed by atoms with van der Waals surface area (Å²) in [4.78, 5) is 66.4. The SMILES string of the molecule is COc1ccc2nc(C(F)(F)F)c3c(c2n1)CC[C@]1(C[C@H]2C(=O)NC(C)(C(=O)NS(=O)(=O)C4(C)CC4)[C@@H](C)/C=C\CCCCC[C@H](NC(=O)O[C@@H](C)C(C)C)C(=O)N2C1)O3. The fraction of sp³-hybridized carbons (Fsp3) is 0.659. The van der Waals surface area contributed by atoms with E-state index >= 15 is 0 Å². The first kappa shape index (κ1) is 44.9. The highest BCUT2D eigenvalue weighted by molar-refractivity contribution is 7.91. The summed E-state index contributed by atoms with van der Waals surface area (Å²) in [7, 11) is -2.78. The first-order valence-corrected chi connectivity index (χ1v) is 22.0. The number of aryl methyl sites for hydroxylation is 1. The van der Waals surface area contributed by atoms with Gasteiger partial charge in [-0.2, -0.15) is 13.2 Å². The predicted molar refractivity (Wildman–Crippen MR) is 213 cm³/mol. The average molecular weight is 865 g/mol. The molecule has 2 aromatic heterocycles. The number of carbonyl (C=O) groups is 4. The van der Waals surface area contributed by atoms with Crippen molar-refractivity contribution in [1.82, 2.24) is 30.2 Å². The lowest BCUT2D eigenvalue weighted by Gasteiger charge is -2.37. The zero-order chi connectivity index (χ0) is 44.0. The molecule has 1 saturated carbocycles. The van der Waals surface area contributed by atoms with Crippen LogP contribution in [0.3, 0.4) is 0 Å². The summed E-state index contributed by atoms with van der Waals surface area (Å²) >= 11 is 0. The van der Waals surface area contributed by atoms with Crippen molar-refractivity contribution in [2.24, 2.45) is 11.8 Å². The largest absolute Gasteiger partial charge is 0.483 e. The molecule has 1 unspecified atom stereocenters. The summed E-state index contributed by atoms with van der Waals surface area (Å²) in [6.45, 7) is 9.64. The van der Waals surface area contributed by atoms with E-state index in [0.717, 1.165) is 0 Å². The molecule has 19 heteroatoms. The van der Waals surface area contributed by atoms with Gasteiger partial charge in [0.1, 0.15) is 29.3 Å². The Morgan fingerprint density at radius 3 is 2.43 bits per heavy atom. The third-order valence-corrected chi connectivity index (χ3v) is 14.8. The van der Waals surface area contributed by atoms with E-state index in [0.29, 0.717) is 38.5 Å². The van der Waals surface area contributed by atoms with Gasteiger partial charge in [-0.3, -0.25) is 19.1 Å². The molecule has 5 heterocycles. The van der Waals surface area contributed by atoms with Gasteiger partial charge < -0.3 is 29.7 Å². The second-order valence-electron chi connectivity index (χ2n) is 17.4. The number of rotatable bonds is 7. The number of allylic oxidation sites excluding steroid dienone is 1. The molecule has 1 saturated heterocycles. The second kappa shape index (κ2) is 16.6. The summed E-state index contributed by atoms with van der Waals surface area (Å²) in [6, 6.07) is 0.122. The van der Waals surface area contributed by atoms with Crippen molar-refractivity contribution < 1.29 is 55.0 Å². The first-order chi connectivity index (χ1) is 28.0. The number of carbonyl (C=O) groups excluding carboxylic acids is 4. The van der Waals surface area contributed by atoms with Gasteiger partial charge in [0.05, 0.1) is 29.4 Å². The average Bonchev–Trinajstić information content (AvgIpc) is 3.85. The van der Waals surface area contributed by atoms with Gasteiger partial charge in [-0.15, -0.1) is 0 Å². The number of amides is 4. The minimum atomic E-state index is -4.97. The maximum atomic E-state index is 14.8. The molecular weight excluding hydrogens is 810 g/mol. The number of alkyl halides is 3. The molecule has 3 aliphatic heterocycles. The molecule has 15 nitrogen and oxygen atoms in total. The van der Waals surface area contributed by atoms with E-state index in [1.807, 2.05) is 19.9 Å². The number of alkyl carbamates (subject to hydrolysis) is 1. The molecule has 0 bridgehead atoms. The summed E-state index contributed by atoms with van der Waals surface area (Å²) in [5.74, 6) is -3.80. The minimum absolute atomic E-state index is 0.00631. The highest BCUT2D eigenvalue weighted by atomic mass is 32.2. The predicted octanol–water partition coefficient (Wildman–Crippen LogP) is 5.49. The van der Waals surface area contributed by atoms with Crippen molar-refractivity contribution in [3.63, 3.8) is 0 Å². The van der Waals surface area contributed by atoms with E-state index in [9.17, 15) is 40.8 Å². The molecule has 60 heavy (non-hydrogen) atoms. The molecular formula is C41H55F3N6O9S. The summed E-state index contributed by atoms with van der Waals surface area (Å²) in [6.07, 6.45) is 0.201. The number of sulfonamides is 1. The molecule has 0 aromatic carbocycles. The lowest BCUT2D eigenvalue weighted by Crippen LogP contribution is -2.64. The highest BCUT2D eigenvalue weighted by Gasteiger charge is 2.57. The van der Waals surface area contributed by atoms with E-state index in [2.05, 4.69) is 25.3 Å². The van der Waals surface area contributed by atoms with Crippen LogP contribution >= 0.6 is 0 Å². The van der Waals surface area contributed by atoms with E-state index in [4.69, 9.17) is 14.2 Å². The van der Waals surface area contributed by atoms with Crippen LogP contribution in [0.25, 0.3) is 11.0 Å². The number of fused-ring (bicyclic) bond motifs is 4. The van der Waals surface area contributed by atoms with E-state index < -0.39 is 91.5 Å². The number of nitrogens with zero attached hydrogens (tertiary/aromatic N) is 3. The Labute approximate surface area is 348 Å². The maximum absolute atomic E-state index is 14.8. The van der Waals surface area contributed by atoms with E-state index in [-0.39, 0.29) is 60.6 Å². The Morgan fingerprint density at radius 2 is 1.78 bits per heavy atom. The van der Waals surface area contributed by atoms with Crippen molar-refractivity contribution in [3.05, 3.63) is 35.5 Å². The van der Waals surface area contributed by atoms with Gasteiger partial charge in [0, 0.05) is 24.0 Å². The number of hydrogen-bond acceptors (Lipinski definition) is 11. The van der Waals surface area contributed by atoms with E-state index in [1.54, 1.807) is 19.9 Å². The lowest BCUT2D eigenvalue weighted by molar-refractivity contribution is -0.144. The fourth-order valence-electron chi connectivity index (χ4n) is 7.84. The van der Waals surface area contributed by atoms with Gasteiger partial charge in [-0.1, -0.05) is 45.8 Å². The molecule has 4 aliphatic rings. The Kier molecular flexibility index (Phi) is 12.4. The zero-order valence-corrected chi connectivity index (χ0v) is 35.8. The third kappa shape index (κ3) is 9.00. The van der Waals surface area contributed by atoms with Crippen molar-refractivity contribution in [2.45, 2.75) is 146 Å². The number of halogens is 3.